The highest BCUT2D eigenvalue weighted by molar-refractivity contribution is 6.34. The van der Waals surface area contributed by atoms with E-state index in [0.717, 1.165) is 33.0 Å². The van der Waals surface area contributed by atoms with E-state index < -0.39 is 23.3 Å². The summed E-state index contributed by atoms with van der Waals surface area (Å²) < 4.78 is 70.4. The maximum atomic E-state index is 17.6. The highest BCUT2D eigenvalue weighted by atomic mass is 19.2. The molecule has 0 saturated heterocycles. The zero-order valence-corrected chi connectivity index (χ0v) is 28.5. The lowest BCUT2D eigenvalue weighted by atomic mass is 9.82. The predicted molar refractivity (Wildman–Crippen MR) is 212 cm³/mol. The monoisotopic (exact) mass is 702 g/mol. The molecule has 54 heavy (non-hydrogen) atoms. The van der Waals surface area contributed by atoms with E-state index in [9.17, 15) is 0 Å². The van der Waals surface area contributed by atoms with Crippen molar-refractivity contribution in [3.05, 3.63) is 181 Å². The molecule has 0 aromatic heterocycles. The maximum absolute atomic E-state index is 17.6. The second kappa shape index (κ2) is 11.4. The van der Waals surface area contributed by atoms with Crippen molar-refractivity contribution in [1.82, 2.24) is 0 Å². The van der Waals surface area contributed by atoms with Crippen molar-refractivity contribution < 1.29 is 17.6 Å². The van der Waals surface area contributed by atoms with Crippen LogP contribution in [0.1, 0.15) is 0 Å². The summed E-state index contributed by atoms with van der Waals surface area (Å²) in [5, 5.41) is 1.96. The summed E-state index contributed by atoms with van der Waals surface area (Å²) in [5.41, 5.74) is 6.72. The van der Waals surface area contributed by atoms with Crippen molar-refractivity contribution in [3.63, 3.8) is 0 Å². The van der Waals surface area contributed by atoms with Crippen LogP contribution in [0.3, 0.4) is 0 Å². The van der Waals surface area contributed by atoms with Crippen LogP contribution in [0.15, 0.2) is 158 Å². The van der Waals surface area contributed by atoms with Gasteiger partial charge in [0.25, 0.3) is 0 Å². The maximum Gasteiger partial charge on any atom is 0.167 e. The molecule has 0 amide bonds. The normalized spacial score (nSPS) is 12.1. The zero-order chi connectivity index (χ0) is 36.2. The second-order valence-corrected chi connectivity index (χ2v) is 13.9. The first-order valence-corrected chi connectivity index (χ1v) is 17.9. The molecule has 0 heterocycles. The van der Waals surface area contributed by atoms with Crippen LogP contribution in [0, 0.1) is 23.3 Å². The van der Waals surface area contributed by atoms with E-state index >= 15 is 17.6 Å². The van der Waals surface area contributed by atoms with Crippen LogP contribution in [0.4, 0.5) is 17.6 Å². The Bertz CT molecular complexity index is 2840. The van der Waals surface area contributed by atoms with Gasteiger partial charge < -0.3 is 0 Å². The number of fused-ring (bicyclic) bond motifs is 7. The van der Waals surface area contributed by atoms with Crippen molar-refractivity contribution >= 4 is 21.5 Å². The summed E-state index contributed by atoms with van der Waals surface area (Å²) in [7, 11) is 0. The van der Waals surface area contributed by atoms with Crippen LogP contribution in [-0.2, 0) is 0 Å². The standard InChI is InChI=1S/C50H26F4/c51-47-43-37-31(27-15-5-1-6-16-27)25-26-32(28-17-7-2-8-18-28)38(37)44-41(43)42-45(49(47)53)39-35(29-19-9-3-10-20-29)33-23-13-14-24-34(33)36(30-21-11-4-12-22-30)40(39)46(42)50(54)48(44)52/h1-26H. The Balaban J connectivity index is 1.39. The minimum Gasteiger partial charge on any atom is -0.203 e. The smallest absolute Gasteiger partial charge is 0.167 e. The predicted octanol–water partition coefficient (Wildman–Crippen LogP) is 14.5. The van der Waals surface area contributed by atoms with E-state index in [1.54, 1.807) is 0 Å². The number of hydrogen-bond acceptors (Lipinski definition) is 0. The van der Waals surface area contributed by atoms with Crippen LogP contribution in [0.2, 0.25) is 0 Å². The SMILES string of the molecule is Fc1c(F)c2c3c(c(F)c(F)c4c3c1-c1c(-c3ccccc3)ccc(-c3ccccc3)c1-4)-c1c-2c(-c2ccccc2)c2ccccc2c1-c1ccccc1. The number of benzene rings is 9. The second-order valence-electron chi connectivity index (χ2n) is 13.9. The molecule has 0 unspecified atom stereocenters. The quantitative estimate of drug-likeness (QED) is 0.160. The topological polar surface area (TPSA) is 0 Å². The summed E-state index contributed by atoms with van der Waals surface area (Å²) in [4.78, 5) is 0. The Morgan fingerprint density at radius 2 is 0.500 bits per heavy atom. The summed E-state index contributed by atoms with van der Waals surface area (Å²) in [5.74, 6) is -4.34. The minimum atomic E-state index is -1.09. The lowest BCUT2D eigenvalue weighted by Gasteiger charge is -2.21. The van der Waals surface area contributed by atoms with E-state index in [4.69, 9.17) is 0 Å². The van der Waals surface area contributed by atoms with Crippen molar-refractivity contribution in [2.24, 2.45) is 0 Å². The van der Waals surface area contributed by atoms with Gasteiger partial charge in [-0.25, -0.2) is 17.6 Å². The first-order valence-electron chi connectivity index (χ1n) is 17.9. The van der Waals surface area contributed by atoms with Crippen molar-refractivity contribution in [2.45, 2.75) is 0 Å². The van der Waals surface area contributed by atoms with Gasteiger partial charge in [0.15, 0.2) is 23.3 Å². The van der Waals surface area contributed by atoms with Gasteiger partial charge in [-0.2, -0.15) is 0 Å². The third-order valence-electron chi connectivity index (χ3n) is 11.2. The van der Waals surface area contributed by atoms with Gasteiger partial charge in [-0.1, -0.05) is 158 Å². The first-order chi connectivity index (χ1) is 26.5. The molecule has 4 heteroatoms. The molecule has 0 aliphatic heterocycles. The van der Waals surface area contributed by atoms with E-state index in [-0.39, 0.29) is 33.0 Å². The van der Waals surface area contributed by atoms with Crippen LogP contribution in [-0.4, -0.2) is 0 Å². The van der Waals surface area contributed by atoms with Crippen LogP contribution in [0.25, 0.3) is 111 Å². The Labute approximate surface area is 308 Å². The molecular weight excluding hydrogens is 677 g/mol. The third-order valence-corrected chi connectivity index (χ3v) is 11.2. The summed E-state index contributed by atoms with van der Waals surface area (Å²) in [6.07, 6.45) is 0. The van der Waals surface area contributed by atoms with E-state index in [1.165, 1.54) is 0 Å². The largest absolute Gasteiger partial charge is 0.203 e. The molecule has 9 aromatic carbocycles. The fourth-order valence-electron chi connectivity index (χ4n) is 9.15. The number of hydrogen-bond donors (Lipinski definition) is 0. The van der Waals surface area contributed by atoms with Gasteiger partial charge in [0.1, 0.15) is 0 Å². The van der Waals surface area contributed by atoms with E-state index in [2.05, 4.69) is 0 Å². The van der Waals surface area contributed by atoms with Gasteiger partial charge in [0.05, 0.1) is 0 Å². The highest BCUT2D eigenvalue weighted by Crippen LogP contribution is 2.65. The molecule has 0 atom stereocenters. The molecule has 9 aromatic rings. The van der Waals surface area contributed by atoms with E-state index in [1.807, 2.05) is 158 Å². The molecule has 0 N–H and O–H groups in total. The molecule has 2 aliphatic rings. The Morgan fingerprint density at radius 3 is 0.833 bits per heavy atom. The molecule has 2 aliphatic carbocycles. The Hall–Kier alpha value is -6.78. The average molecular weight is 703 g/mol. The van der Waals surface area contributed by atoms with Crippen molar-refractivity contribution in [3.8, 4) is 89.0 Å². The van der Waals surface area contributed by atoms with Crippen molar-refractivity contribution in [1.29, 1.82) is 0 Å². The molecule has 0 bridgehead atoms. The van der Waals surface area contributed by atoms with Gasteiger partial charge in [0, 0.05) is 55.3 Å². The molecule has 0 radical (unpaired) electrons. The van der Waals surface area contributed by atoms with Gasteiger partial charge in [0.2, 0.25) is 0 Å². The average Bonchev–Trinajstić information content (AvgIpc) is 3.77. The third kappa shape index (κ3) is 3.97. The lowest BCUT2D eigenvalue weighted by molar-refractivity contribution is 0.513. The minimum absolute atomic E-state index is 0.0477. The molecule has 0 spiro atoms. The summed E-state index contributed by atoms with van der Waals surface area (Å²) in [6, 6.07) is 49.3. The molecule has 0 saturated carbocycles. The molecule has 0 nitrogen and oxygen atoms in total. The molecule has 11 rings (SSSR count). The number of rotatable bonds is 4. The van der Waals surface area contributed by atoms with Gasteiger partial charge >= 0.3 is 0 Å². The van der Waals surface area contributed by atoms with Crippen LogP contribution >= 0.6 is 0 Å². The Morgan fingerprint density at radius 1 is 0.222 bits per heavy atom. The summed E-state index contributed by atoms with van der Waals surface area (Å²) in [6.45, 7) is 0. The lowest BCUT2D eigenvalue weighted by Crippen LogP contribution is -1.97. The first kappa shape index (κ1) is 30.8. The summed E-state index contributed by atoms with van der Waals surface area (Å²) >= 11 is 0. The van der Waals surface area contributed by atoms with Gasteiger partial charge in [-0.15, -0.1) is 0 Å². The molecule has 0 fully saturated rings. The molecular formula is C50H26F4. The Kier molecular flexibility index (Phi) is 6.48. The van der Waals surface area contributed by atoms with Crippen LogP contribution < -0.4 is 0 Å². The molecule has 254 valence electrons. The van der Waals surface area contributed by atoms with Gasteiger partial charge in [-0.3, -0.25) is 0 Å². The highest BCUT2D eigenvalue weighted by Gasteiger charge is 2.44. The van der Waals surface area contributed by atoms with Crippen molar-refractivity contribution in [2.75, 3.05) is 0 Å². The van der Waals surface area contributed by atoms with Gasteiger partial charge in [-0.05, 0) is 55.3 Å². The van der Waals surface area contributed by atoms with Crippen LogP contribution in [0.5, 0.6) is 0 Å². The number of halogens is 4. The van der Waals surface area contributed by atoms with E-state index in [0.29, 0.717) is 44.5 Å². The fraction of sp³-hybridized carbons (Fsp3) is 0. The fourth-order valence-corrected chi connectivity index (χ4v) is 9.15. The zero-order valence-electron chi connectivity index (χ0n) is 28.5.